The van der Waals surface area contributed by atoms with E-state index in [-0.39, 0.29) is 0 Å². The second-order valence-corrected chi connectivity index (χ2v) is 10.3. The molecule has 8 aromatic rings. The predicted octanol–water partition coefficient (Wildman–Crippen LogP) is 10.3. The maximum absolute atomic E-state index is 2.37. The van der Waals surface area contributed by atoms with E-state index in [1.165, 1.54) is 86.9 Å². The van der Waals surface area contributed by atoms with E-state index in [1.807, 2.05) is 0 Å². The predicted molar refractivity (Wildman–Crippen MR) is 158 cm³/mol. The van der Waals surface area contributed by atoms with Crippen LogP contribution in [-0.2, 0) is 0 Å². The Balaban J connectivity index is 1.70. The minimum absolute atomic E-state index is 1.29. The zero-order chi connectivity index (χ0) is 24.0. The molecule has 0 nitrogen and oxygen atoms in total. The number of benzene rings is 8. The number of aryl methyl sites for hydroxylation is 2. The number of hydrogen-bond acceptors (Lipinski definition) is 0. The molecule has 0 aromatic heterocycles. The van der Waals surface area contributed by atoms with Gasteiger partial charge in [0.25, 0.3) is 0 Å². The van der Waals surface area contributed by atoms with Gasteiger partial charge in [0.15, 0.2) is 0 Å². The van der Waals surface area contributed by atoms with Gasteiger partial charge in [0.05, 0.1) is 0 Å². The summed E-state index contributed by atoms with van der Waals surface area (Å²) in [6, 6.07) is 41.0. The van der Waals surface area contributed by atoms with Crippen LogP contribution in [0.5, 0.6) is 0 Å². The second kappa shape index (κ2) is 7.06. The minimum atomic E-state index is 1.29. The van der Waals surface area contributed by atoms with Gasteiger partial charge < -0.3 is 0 Å². The van der Waals surface area contributed by atoms with E-state index in [9.17, 15) is 0 Å². The molecule has 0 aliphatic carbocycles. The largest absolute Gasteiger partial charge is 0.0616 e. The molecule has 0 heteroatoms. The highest BCUT2D eigenvalue weighted by Crippen LogP contribution is 2.48. The Labute approximate surface area is 209 Å². The molecular formula is C36H24. The summed E-state index contributed by atoms with van der Waals surface area (Å²) in [4.78, 5) is 0. The van der Waals surface area contributed by atoms with E-state index in [4.69, 9.17) is 0 Å². The Kier molecular flexibility index (Phi) is 3.89. The molecule has 0 atom stereocenters. The van der Waals surface area contributed by atoms with E-state index < -0.39 is 0 Å². The van der Waals surface area contributed by atoms with Gasteiger partial charge in [-0.3, -0.25) is 0 Å². The van der Waals surface area contributed by atoms with Crippen LogP contribution < -0.4 is 0 Å². The fraction of sp³-hybridized carbons (Fsp3) is 0.0556. The van der Waals surface area contributed by atoms with E-state index in [0.29, 0.717) is 0 Å². The monoisotopic (exact) mass is 456 g/mol. The van der Waals surface area contributed by atoms with E-state index in [1.54, 1.807) is 0 Å². The summed E-state index contributed by atoms with van der Waals surface area (Å²) in [5, 5.41) is 16.1. The maximum atomic E-state index is 2.37. The van der Waals surface area contributed by atoms with Crippen LogP contribution in [0.4, 0.5) is 0 Å². The third kappa shape index (κ3) is 2.54. The summed E-state index contributed by atoms with van der Waals surface area (Å²) < 4.78 is 0. The van der Waals surface area contributed by atoms with Gasteiger partial charge in [-0.2, -0.15) is 0 Å². The van der Waals surface area contributed by atoms with Crippen molar-refractivity contribution >= 4 is 64.6 Å². The maximum Gasteiger partial charge on any atom is -0.00137 e. The molecule has 8 aromatic carbocycles. The second-order valence-electron chi connectivity index (χ2n) is 10.3. The molecule has 8 rings (SSSR count). The Bertz CT molecular complexity index is 2160. The van der Waals surface area contributed by atoms with Crippen molar-refractivity contribution in [2.45, 2.75) is 13.8 Å². The first-order chi connectivity index (χ1) is 17.7. The van der Waals surface area contributed by atoms with Crippen LogP contribution in [0, 0.1) is 13.8 Å². The fourth-order valence-corrected chi connectivity index (χ4v) is 6.64. The Morgan fingerprint density at radius 2 is 1.00 bits per heavy atom. The zero-order valence-corrected chi connectivity index (χ0v) is 20.4. The first-order valence-corrected chi connectivity index (χ1v) is 12.7. The van der Waals surface area contributed by atoms with Crippen molar-refractivity contribution < 1.29 is 0 Å². The molecule has 168 valence electrons. The molecule has 0 fully saturated rings. The summed E-state index contributed by atoms with van der Waals surface area (Å²) in [5.74, 6) is 0. The van der Waals surface area contributed by atoms with Gasteiger partial charge in [-0.25, -0.2) is 0 Å². The molecule has 36 heavy (non-hydrogen) atoms. The van der Waals surface area contributed by atoms with Crippen molar-refractivity contribution in [1.82, 2.24) is 0 Å². The summed E-state index contributed by atoms with van der Waals surface area (Å²) in [7, 11) is 0. The molecule has 0 saturated heterocycles. The summed E-state index contributed by atoms with van der Waals surface area (Å²) in [6.45, 7) is 4.38. The molecule has 0 N–H and O–H groups in total. The van der Waals surface area contributed by atoms with Crippen LogP contribution in [-0.4, -0.2) is 0 Å². The summed E-state index contributed by atoms with van der Waals surface area (Å²) in [5.41, 5.74) is 5.24. The zero-order valence-electron chi connectivity index (χ0n) is 20.4. The Hall–Kier alpha value is -4.42. The SMILES string of the molecule is Cc1ccc2c(-c3c4ccccc4c4c5cccc6cc(C)cc(c7cccc3c74)c65)cccc2c1. The highest BCUT2D eigenvalue weighted by Gasteiger charge is 2.20. The smallest absolute Gasteiger partial charge is 0.00137 e. The topological polar surface area (TPSA) is 0 Å². The Morgan fingerprint density at radius 1 is 0.361 bits per heavy atom. The van der Waals surface area contributed by atoms with Crippen LogP contribution in [0.1, 0.15) is 11.1 Å². The highest BCUT2D eigenvalue weighted by molar-refractivity contribution is 6.40. The first-order valence-electron chi connectivity index (χ1n) is 12.7. The third-order valence-electron chi connectivity index (χ3n) is 8.04. The third-order valence-corrected chi connectivity index (χ3v) is 8.04. The quantitative estimate of drug-likeness (QED) is 0.170. The highest BCUT2D eigenvalue weighted by atomic mass is 14.2. The van der Waals surface area contributed by atoms with E-state index in [2.05, 4.69) is 123 Å². The minimum Gasteiger partial charge on any atom is -0.0616 e. The lowest BCUT2D eigenvalue weighted by Gasteiger charge is -2.21. The average molecular weight is 457 g/mol. The van der Waals surface area contributed by atoms with Crippen LogP contribution >= 0.6 is 0 Å². The molecular weight excluding hydrogens is 432 g/mol. The normalized spacial score (nSPS) is 12.2. The lowest BCUT2D eigenvalue weighted by molar-refractivity contribution is 1.51. The average Bonchev–Trinajstić information content (AvgIpc) is 2.90. The molecule has 0 saturated carbocycles. The van der Waals surface area contributed by atoms with Gasteiger partial charge in [0.1, 0.15) is 0 Å². The van der Waals surface area contributed by atoms with Crippen LogP contribution in [0.25, 0.3) is 75.8 Å². The standard InChI is InChI=1S/C36H24/c1-21-16-17-25-23(18-21)8-5-12-26(25)34-27-10-3-4-11-28(27)35-30-14-6-9-24-19-22(2)20-32(33(24)30)29-13-7-15-31(34)36(29)35/h3-20H,1-2H3. The number of hydrogen-bond donors (Lipinski definition) is 0. The lowest BCUT2D eigenvalue weighted by Crippen LogP contribution is -1.93. The molecule has 0 unspecified atom stereocenters. The summed E-state index contributed by atoms with van der Waals surface area (Å²) >= 11 is 0. The van der Waals surface area contributed by atoms with Crippen molar-refractivity contribution in [2.75, 3.05) is 0 Å². The van der Waals surface area contributed by atoms with Crippen molar-refractivity contribution in [3.8, 4) is 11.1 Å². The fourth-order valence-electron chi connectivity index (χ4n) is 6.64. The molecule has 0 aliphatic rings. The molecule has 0 spiro atoms. The number of rotatable bonds is 1. The van der Waals surface area contributed by atoms with Crippen LogP contribution in [0.2, 0.25) is 0 Å². The van der Waals surface area contributed by atoms with Gasteiger partial charge >= 0.3 is 0 Å². The van der Waals surface area contributed by atoms with Gasteiger partial charge in [0, 0.05) is 0 Å². The molecule has 0 radical (unpaired) electrons. The Morgan fingerprint density at radius 3 is 1.92 bits per heavy atom. The molecule has 0 amide bonds. The van der Waals surface area contributed by atoms with Gasteiger partial charge in [-0.15, -0.1) is 0 Å². The van der Waals surface area contributed by atoms with Crippen molar-refractivity contribution in [2.24, 2.45) is 0 Å². The van der Waals surface area contributed by atoms with Gasteiger partial charge in [-0.05, 0) is 95.2 Å². The molecule has 0 aliphatic heterocycles. The van der Waals surface area contributed by atoms with E-state index in [0.717, 1.165) is 0 Å². The summed E-state index contributed by atoms with van der Waals surface area (Å²) in [6.07, 6.45) is 0. The number of fused-ring (bicyclic) bond motifs is 5. The van der Waals surface area contributed by atoms with Crippen molar-refractivity contribution in [3.63, 3.8) is 0 Å². The molecule has 0 bridgehead atoms. The molecule has 0 heterocycles. The van der Waals surface area contributed by atoms with Crippen LogP contribution in [0.3, 0.4) is 0 Å². The van der Waals surface area contributed by atoms with Crippen molar-refractivity contribution in [3.05, 3.63) is 120 Å². The van der Waals surface area contributed by atoms with Crippen molar-refractivity contribution in [1.29, 1.82) is 0 Å². The lowest BCUT2D eigenvalue weighted by atomic mass is 9.82. The van der Waals surface area contributed by atoms with Gasteiger partial charge in [0.2, 0.25) is 0 Å². The van der Waals surface area contributed by atoms with Gasteiger partial charge in [-0.1, -0.05) is 115 Å². The van der Waals surface area contributed by atoms with E-state index >= 15 is 0 Å². The van der Waals surface area contributed by atoms with Crippen LogP contribution in [0.15, 0.2) is 109 Å². The first kappa shape index (κ1) is 19.8.